The highest BCUT2D eigenvalue weighted by Gasteiger charge is 2.18. The molecule has 0 saturated heterocycles. The van der Waals surface area contributed by atoms with Gasteiger partial charge in [0.15, 0.2) is 0 Å². The summed E-state index contributed by atoms with van der Waals surface area (Å²) < 4.78 is 0. The Morgan fingerprint density at radius 1 is 1.24 bits per heavy atom. The van der Waals surface area contributed by atoms with E-state index >= 15 is 0 Å². The fourth-order valence-corrected chi connectivity index (χ4v) is 1.94. The zero-order valence-corrected chi connectivity index (χ0v) is 10.5. The van der Waals surface area contributed by atoms with Gasteiger partial charge < -0.3 is 0 Å². The average Bonchev–Trinajstić information content (AvgIpc) is 2.38. The van der Waals surface area contributed by atoms with Gasteiger partial charge in [0.2, 0.25) is 0 Å². The number of hydrogen-bond donors (Lipinski definition) is 0. The molecule has 88 valence electrons. The minimum Gasteiger partial charge on any atom is -0.289 e. The summed E-state index contributed by atoms with van der Waals surface area (Å²) in [4.78, 5) is 4.68. The Kier molecular flexibility index (Phi) is 3.58. The Labute approximate surface area is 104 Å². The van der Waals surface area contributed by atoms with Gasteiger partial charge in [-0.1, -0.05) is 61.6 Å². The van der Waals surface area contributed by atoms with E-state index in [4.69, 9.17) is 0 Å². The minimum absolute atomic E-state index is 0.0811. The van der Waals surface area contributed by atoms with Gasteiger partial charge in [0.1, 0.15) is 0 Å². The summed E-state index contributed by atoms with van der Waals surface area (Å²) >= 11 is 0. The molecule has 0 heterocycles. The molecule has 1 heteroatoms. The summed E-state index contributed by atoms with van der Waals surface area (Å²) in [5.74, 6) is 0. The molecule has 0 saturated carbocycles. The monoisotopic (exact) mass is 225 g/mol. The van der Waals surface area contributed by atoms with Crippen molar-refractivity contribution < 1.29 is 0 Å². The van der Waals surface area contributed by atoms with Crippen LogP contribution in [0, 0.1) is 5.41 Å². The van der Waals surface area contributed by atoms with Crippen LogP contribution in [0.5, 0.6) is 0 Å². The number of allylic oxidation sites excluding steroid dienone is 4. The third-order valence-corrected chi connectivity index (χ3v) is 3.16. The SMILES string of the molecule is CC(/N=C/C1(C)C=CC=CC1)c1ccccc1. The number of aliphatic imine (C=N–C) groups is 1. The molecule has 1 aliphatic carbocycles. The van der Waals surface area contributed by atoms with Crippen LogP contribution in [0.25, 0.3) is 0 Å². The van der Waals surface area contributed by atoms with Gasteiger partial charge in [-0.05, 0) is 18.9 Å². The zero-order valence-electron chi connectivity index (χ0n) is 10.5. The van der Waals surface area contributed by atoms with E-state index in [1.165, 1.54) is 5.56 Å². The third kappa shape index (κ3) is 3.16. The van der Waals surface area contributed by atoms with Crippen molar-refractivity contribution in [2.75, 3.05) is 0 Å². The molecular formula is C16H19N. The van der Waals surface area contributed by atoms with Crippen molar-refractivity contribution >= 4 is 6.21 Å². The first-order chi connectivity index (χ1) is 8.20. The van der Waals surface area contributed by atoms with Crippen molar-refractivity contribution in [3.8, 4) is 0 Å². The molecule has 1 aromatic rings. The van der Waals surface area contributed by atoms with E-state index in [-0.39, 0.29) is 11.5 Å². The first kappa shape index (κ1) is 11.8. The Bertz CT molecular complexity index is 442. The fraction of sp³-hybridized carbons (Fsp3) is 0.312. The lowest BCUT2D eigenvalue weighted by Crippen LogP contribution is -2.15. The first-order valence-electron chi connectivity index (χ1n) is 6.13. The maximum absolute atomic E-state index is 4.68. The van der Waals surface area contributed by atoms with Crippen molar-refractivity contribution in [3.05, 3.63) is 60.2 Å². The fourth-order valence-electron chi connectivity index (χ4n) is 1.94. The highest BCUT2D eigenvalue weighted by atomic mass is 14.8. The molecule has 0 spiro atoms. The van der Waals surface area contributed by atoms with Crippen molar-refractivity contribution in [1.82, 2.24) is 0 Å². The summed E-state index contributed by atoms with van der Waals surface area (Å²) in [5.41, 5.74) is 1.35. The van der Waals surface area contributed by atoms with E-state index in [0.29, 0.717) is 0 Å². The van der Waals surface area contributed by atoms with E-state index < -0.39 is 0 Å². The average molecular weight is 225 g/mol. The second-order valence-corrected chi connectivity index (χ2v) is 4.86. The Morgan fingerprint density at radius 2 is 2.00 bits per heavy atom. The second-order valence-electron chi connectivity index (χ2n) is 4.86. The van der Waals surface area contributed by atoms with Gasteiger partial charge in [-0.25, -0.2) is 0 Å². The smallest absolute Gasteiger partial charge is 0.0717 e. The van der Waals surface area contributed by atoms with Crippen LogP contribution in [-0.2, 0) is 0 Å². The maximum atomic E-state index is 4.68. The van der Waals surface area contributed by atoms with E-state index in [0.717, 1.165) is 6.42 Å². The van der Waals surface area contributed by atoms with Gasteiger partial charge in [0.25, 0.3) is 0 Å². The van der Waals surface area contributed by atoms with Crippen LogP contribution in [0.15, 0.2) is 59.6 Å². The molecule has 1 aliphatic rings. The lowest BCUT2D eigenvalue weighted by atomic mass is 9.85. The summed E-state index contributed by atoms with van der Waals surface area (Å²) in [6, 6.07) is 10.6. The van der Waals surface area contributed by atoms with Gasteiger partial charge in [-0.2, -0.15) is 0 Å². The first-order valence-corrected chi connectivity index (χ1v) is 6.13. The standard InChI is InChI=1S/C16H19N/c1-14(15-9-5-3-6-10-15)17-13-16(2)11-7-4-8-12-16/h3-11,13-14H,12H2,1-2H3/b17-13+. The molecule has 0 radical (unpaired) electrons. The lowest BCUT2D eigenvalue weighted by molar-refractivity contribution is 0.608. The largest absolute Gasteiger partial charge is 0.289 e. The Balaban J connectivity index is 2.06. The molecule has 0 N–H and O–H groups in total. The van der Waals surface area contributed by atoms with Crippen LogP contribution in [-0.4, -0.2) is 6.21 Å². The van der Waals surface area contributed by atoms with Crippen molar-refractivity contribution in [2.24, 2.45) is 10.4 Å². The lowest BCUT2D eigenvalue weighted by Gasteiger charge is -2.21. The number of nitrogens with zero attached hydrogens (tertiary/aromatic N) is 1. The van der Waals surface area contributed by atoms with Crippen LogP contribution in [0.2, 0.25) is 0 Å². The molecule has 0 aliphatic heterocycles. The predicted octanol–water partition coefficient (Wildman–Crippen LogP) is 4.34. The maximum Gasteiger partial charge on any atom is 0.0717 e. The van der Waals surface area contributed by atoms with Crippen LogP contribution < -0.4 is 0 Å². The normalized spacial score (nSPS) is 25.3. The van der Waals surface area contributed by atoms with Crippen LogP contribution in [0.1, 0.15) is 31.9 Å². The topological polar surface area (TPSA) is 12.4 Å². The van der Waals surface area contributed by atoms with Gasteiger partial charge in [0.05, 0.1) is 6.04 Å². The van der Waals surface area contributed by atoms with Crippen LogP contribution in [0.3, 0.4) is 0 Å². The molecule has 0 amide bonds. The number of rotatable bonds is 3. The zero-order chi connectivity index (χ0) is 12.1. The highest BCUT2D eigenvalue weighted by molar-refractivity contribution is 5.69. The van der Waals surface area contributed by atoms with E-state index in [2.05, 4.69) is 73.6 Å². The van der Waals surface area contributed by atoms with Crippen molar-refractivity contribution in [2.45, 2.75) is 26.3 Å². The third-order valence-electron chi connectivity index (χ3n) is 3.16. The van der Waals surface area contributed by atoms with E-state index in [1.54, 1.807) is 0 Å². The molecule has 0 bridgehead atoms. The second kappa shape index (κ2) is 5.13. The molecule has 2 rings (SSSR count). The number of benzene rings is 1. The minimum atomic E-state index is 0.0811. The van der Waals surface area contributed by atoms with Gasteiger partial charge in [0, 0.05) is 11.6 Å². The Morgan fingerprint density at radius 3 is 2.65 bits per heavy atom. The summed E-state index contributed by atoms with van der Waals surface area (Å²) in [7, 11) is 0. The Hall–Kier alpha value is -1.63. The van der Waals surface area contributed by atoms with Gasteiger partial charge >= 0.3 is 0 Å². The van der Waals surface area contributed by atoms with Crippen molar-refractivity contribution in [3.63, 3.8) is 0 Å². The van der Waals surface area contributed by atoms with Crippen molar-refractivity contribution in [1.29, 1.82) is 0 Å². The molecule has 1 nitrogen and oxygen atoms in total. The molecule has 0 fully saturated rings. The molecule has 2 atom stereocenters. The molecule has 17 heavy (non-hydrogen) atoms. The summed E-state index contributed by atoms with van der Waals surface area (Å²) in [5, 5.41) is 0. The van der Waals surface area contributed by atoms with Crippen LogP contribution >= 0.6 is 0 Å². The van der Waals surface area contributed by atoms with E-state index in [9.17, 15) is 0 Å². The van der Waals surface area contributed by atoms with E-state index in [1.807, 2.05) is 6.07 Å². The summed E-state index contributed by atoms with van der Waals surface area (Å²) in [6.45, 7) is 4.35. The molecular weight excluding hydrogens is 206 g/mol. The molecule has 1 aromatic carbocycles. The predicted molar refractivity (Wildman–Crippen MR) is 74.4 cm³/mol. The van der Waals surface area contributed by atoms with Crippen LogP contribution in [0.4, 0.5) is 0 Å². The van der Waals surface area contributed by atoms with Gasteiger partial charge in [-0.15, -0.1) is 0 Å². The highest BCUT2D eigenvalue weighted by Crippen LogP contribution is 2.26. The molecule has 2 unspecified atom stereocenters. The quantitative estimate of drug-likeness (QED) is 0.678. The summed E-state index contributed by atoms with van der Waals surface area (Å²) in [6.07, 6.45) is 11.7. The van der Waals surface area contributed by atoms with Gasteiger partial charge in [-0.3, -0.25) is 4.99 Å². The number of hydrogen-bond acceptors (Lipinski definition) is 1. The molecule has 0 aromatic heterocycles.